The van der Waals surface area contributed by atoms with Crippen LogP contribution in [0.25, 0.3) is 10.8 Å². The number of carbonyl (C=O) groups is 6. The van der Waals surface area contributed by atoms with E-state index < -0.39 is 53.8 Å². The van der Waals surface area contributed by atoms with Crippen molar-refractivity contribution in [1.29, 1.82) is 0 Å². The molecule has 328 valence electrons. The maximum absolute atomic E-state index is 14.7. The number of nitrogens with one attached hydrogen (secondary N) is 3. The normalized spacial score (nSPS) is 14.8. The van der Waals surface area contributed by atoms with E-state index in [4.69, 9.17) is 11.5 Å². The zero-order chi connectivity index (χ0) is 44.7. The first-order valence-electron chi connectivity index (χ1n) is 21.6. The number of nitrogens with two attached hydrogens (primary N) is 2. The lowest BCUT2D eigenvalue weighted by Crippen LogP contribution is -2.59. The van der Waals surface area contributed by atoms with Crippen molar-refractivity contribution >= 4 is 46.2 Å². The van der Waals surface area contributed by atoms with Crippen LogP contribution in [0, 0.1) is 5.92 Å². The van der Waals surface area contributed by atoms with Crippen molar-refractivity contribution in [3.8, 4) is 0 Å². The van der Waals surface area contributed by atoms with Crippen LogP contribution in [0.15, 0.2) is 127 Å². The first kappa shape index (κ1) is 45.8. The molecule has 13 nitrogen and oxygen atoms in total. The first-order valence-corrected chi connectivity index (χ1v) is 21.6. The summed E-state index contributed by atoms with van der Waals surface area (Å²) in [5, 5.41) is 20.3. The van der Waals surface area contributed by atoms with Gasteiger partial charge in [-0.1, -0.05) is 134 Å². The summed E-state index contributed by atoms with van der Waals surface area (Å²) in [4.78, 5) is 83.4. The van der Waals surface area contributed by atoms with Gasteiger partial charge in [-0.25, -0.2) is 0 Å². The number of carboxylic acid groups (broad SMARTS) is 1. The van der Waals surface area contributed by atoms with Crippen molar-refractivity contribution in [3.63, 3.8) is 0 Å². The van der Waals surface area contributed by atoms with Gasteiger partial charge in [0.05, 0.1) is 12.0 Å². The number of carbonyl (C=O) groups excluding carboxylic acids is 5. The number of amides is 4. The van der Waals surface area contributed by atoms with Gasteiger partial charge in [-0.2, -0.15) is 0 Å². The molecule has 0 bridgehead atoms. The van der Waals surface area contributed by atoms with Crippen LogP contribution in [0.3, 0.4) is 0 Å². The molecule has 0 aliphatic carbocycles. The lowest BCUT2D eigenvalue weighted by atomic mass is 9.95. The molecule has 4 amide bonds. The van der Waals surface area contributed by atoms with Crippen LogP contribution in [0.2, 0.25) is 0 Å². The van der Waals surface area contributed by atoms with Crippen molar-refractivity contribution in [3.05, 3.63) is 155 Å². The fourth-order valence-electron chi connectivity index (χ4n) is 7.88. The van der Waals surface area contributed by atoms with E-state index in [0.717, 1.165) is 21.9 Å². The number of rotatable bonds is 20. The molecule has 0 saturated carbocycles. The lowest BCUT2D eigenvalue weighted by molar-refractivity contribution is -0.146. The second-order valence-electron chi connectivity index (χ2n) is 16.2. The number of nitrogens with zero attached hydrogens (tertiary/aromatic N) is 1. The molecule has 1 aliphatic heterocycles. The van der Waals surface area contributed by atoms with Crippen molar-refractivity contribution in [2.75, 3.05) is 19.6 Å². The Morgan fingerprint density at radius 3 is 1.71 bits per heavy atom. The van der Waals surface area contributed by atoms with E-state index in [9.17, 15) is 33.9 Å². The summed E-state index contributed by atoms with van der Waals surface area (Å²) in [6.45, 7) is 0.882. The number of aliphatic carboxylic acids is 1. The van der Waals surface area contributed by atoms with E-state index in [2.05, 4.69) is 16.0 Å². The summed E-state index contributed by atoms with van der Waals surface area (Å²) >= 11 is 0. The molecule has 0 radical (unpaired) electrons. The Balaban J connectivity index is 1.29. The zero-order valence-corrected chi connectivity index (χ0v) is 35.3. The van der Waals surface area contributed by atoms with Crippen molar-refractivity contribution in [1.82, 2.24) is 20.9 Å². The number of likely N-dealkylation sites (tertiary alicyclic amines) is 1. The molecule has 1 fully saturated rings. The zero-order valence-electron chi connectivity index (χ0n) is 35.3. The van der Waals surface area contributed by atoms with Gasteiger partial charge in [-0.3, -0.25) is 28.8 Å². The molecule has 6 rings (SSSR count). The summed E-state index contributed by atoms with van der Waals surface area (Å²) in [6, 6.07) is 34.1. The molecule has 1 heterocycles. The van der Waals surface area contributed by atoms with Crippen LogP contribution in [0.5, 0.6) is 0 Å². The van der Waals surface area contributed by atoms with Gasteiger partial charge in [0.15, 0.2) is 5.78 Å². The highest BCUT2D eigenvalue weighted by atomic mass is 16.4. The Kier molecular flexibility index (Phi) is 16.3. The number of hydrogen-bond donors (Lipinski definition) is 6. The van der Waals surface area contributed by atoms with Gasteiger partial charge in [-0.05, 0) is 59.7 Å². The highest BCUT2D eigenvalue weighted by Crippen LogP contribution is 2.21. The smallest absolute Gasteiger partial charge is 0.306 e. The van der Waals surface area contributed by atoms with E-state index in [1.54, 1.807) is 53.4 Å². The maximum Gasteiger partial charge on any atom is 0.306 e. The molecule has 13 heteroatoms. The van der Waals surface area contributed by atoms with Gasteiger partial charge in [0.25, 0.3) is 0 Å². The standard InChI is InChI=1S/C50H56N6O7/c51-26-10-9-17-41(52)46(58)53-42(30-33-11-3-1-4-12-33)47(59)54-43(31-34-18-22-38(23-19-34)45(57)37-14-5-2-6-15-37)48(60)55-44(49(61)56-27-24-39(25-28-56)50(62)63)32-35-20-21-36-13-7-8-16-40(36)29-35/h1-8,11-16,18-23,29,39,41-44H,9-10,17,24-28,30-32,51-52H2,(H,53,58)(H,54,59)(H,55,60)(H,62,63)/t41-,42-,43+,44+/m0/s1. The highest BCUT2D eigenvalue weighted by Gasteiger charge is 2.35. The van der Waals surface area contributed by atoms with Crippen LogP contribution in [0.4, 0.5) is 0 Å². The Bertz CT molecular complexity index is 2350. The summed E-state index contributed by atoms with van der Waals surface area (Å²) < 4.78 is 0. The fourth-order valence-corrected chi connectivity index (χ4v) is 7.88. The van der Waals surface area contributed by atoms with Crippen molar-refractivity contribution in [2.45, 2.75) is 75.5 Å². The number of ketones is 1. The van der Waals surface area contributed by atoms with Crippen LogP contribution in [-0.2, 0) is 43.2 Å². The molecule has 5 aromatic carbocycles. The molecule has 1 aliphatic rings. The average Bonchev–Trinajstić information content (AvgIpc) is 3.31. The van der Waals surface area contributed by atoms with E-state index in [0.29, 0.717) is 42.5 Å². The van der Waals surface area contributed by atoms with Crippen LogP contribution >= 0.6 is 0 Å². The summed E-state index contributed by atoms with van der Waals surface area (Å²) in [5.74, 6) is -3.81. The largest absolute Gasteiger partial charge is 0.481 e. The first-order chi connectivity index (χ1) is 30.5. The van der Waals surface area contributed by atoms with Gasteiger partial charge in [0, 0.05) is 43.5 Å². The molecule has 1 saturated heterocycles. The van der Waals surface area contributed by atoms with Crippen LogP contribution < -0.4 is 27.4 Å². The molecule has 8 N–H and O–H groups in total. The number of carboxylic acids is 1. The minimum absolute atomic E-state index is 0.0249. The predicted octanol–water partition coefficient (Wildman–Crippen LogP) is 4.33. The minimum atomic E-state index is -1.24. The monoisotopic (exact) mass is 852 g/mol. The van der Waals surface area contributed by atoms with Crippen LogP contribution in [-0.4, -0.2) is 89.2 Å². The molecule has 5 aromatic rings. The molecule has 0 spiro atoms. The number of benzene rings is 5. The van der Waals surface area contributed by atoms with Gasteiger partial charge in [-0.15, -0.1) is 0 Å². The summed E-state index contributed by atoms with van der Waals surface area (Å²) in [5.41, 5.74) is 15.0. The molecular formula is C50H56N6O7. The van der Waals surface area contributed by atoms with Crippen molar-refractivity contribution in [2.24, 2.45) is 17.4 Å². The van der Waals surface area contributed by atoms with Gasteiger partial charge in [0.1, 0.15) is 18.1 Å². The van der Waals surface area contributed by atoms with E-state index in [1.165, 1.54) is 0 Å². The topological polar surface area (TPSA) is 214 Å². The summed E-state index contributed by atoms with van der Waals surface area (Å²) in [7, 11) is 0. The second kappa shape index (κ2) is 22.4. The number of piperidine rings is 1. The average molecular weight is 853 g/mol. The Morgan fingerprint density at radius 1 is 0.587 bits per heavy atom. The maximum atomic E-state index is 14.7. The molecular weight excluding hydrogens is 797 g/mol. The number of hydrogen-bond acceptors (Lipinski definition) is 8. The minimum Gasteiger partial charge on any atom is -0.481 e. The Labute approximate surface area is 367 Å². The number of fused-ring (bicyclic) bond motifs is 1. The van der Waals surface area contributed by atoms with Gasteiger partial charge in [0.2, 0.25) is 23.6 Å². The fraction of sp³-hybridized carbons (Fsp3) is 0.320. The lowest BCUT2D eigenvalue weighted by Gasteiger charge is -2.34. The molecule has 0 unspecified atom stereocenters. The SMILES string of the molecule is NCCCC[C@H](N)C(=O)N[C@@H](Cc1ccccc1)C(=O)N[C@H](Cc1ccc(C(=O)c2ccccc2)cc1)C(=O)N[C@H](Cc1ccc2ccccc2c1)C(=O)N1CCC(C(=O)O)CC1. The Hall–Kier alpha value is -6.70. The molecule has 4 atom stereocenters. The quantitative estimate of drug-likeness (QED) is 0.0485. The van der Waals surface area contributed by atoms with Gasteiger partial charge < -0.3 is 37.4 Å². The van der Waals surface area contributed by atoms with Crippen LogP contribution in [0.1, 0.15) is 64.7 Å². The third-order valence-corrected chi connectivity index (χ3v) is 11.6. The summed E-state index contributed by atoms with van der Waals surface area (Å²) in [6.07, 6.45) is 2.47. The van der Waals surface area contributed by atoms with E-state index in [1.807, 2.05) is 78.9 Å². The van der Waals surface area contributed by atoms with E-state index in [-0.39, 0.29) is 56.9 Å². The molecule has 63 heavy (non-hydrogen) atoms. The second-order valence-corrected chi connectivity index (χ2v) is 16.2. The van der Waals surface area contributed by atoms with Gasteiger partial charge >= 0.3 is 5.97 Å². The molecule has 0 aromatic heterocycles. The van der Waals surface area contributed by atoms with Crippen molar-refractivity contribution < 1.29 is 33.9 Å². The highest BCUT2D eigenvalue weighted by molar-refractivity contribution is 6.09. The van der Waals surface area contributed by atoms with E-state index >= 15 is 0 Å². The number of unbranched alkanes of at least 4 members (excludes halogenated alkanes) is 1. The third kappa shape index (κ3) is 12.9. The Morgan fingerprint density at radius 2 is 1.10 bits per heavy atom. The predicted molar refractivity (Wildman–Crippen MR) is 241 cm³/mol. The third-order valence-electron chi connectivity index (χ3n) is 11.6.